The van der Waals surface area contributed by atoms with E-state index in [1.54, 1.807) is 7.11 Å². The molecule has 2 aromatic heterocycles. The van der Waals surface area contributed by atoms with E-state index in [0.29, 0.717) is 33.4 Å². The van der Waals surface area contributed by atoms with Crippen molar-refractivity contribution in [2.24, 2.45) is 0 Å². The molecule has 0 unspecified atom stereocenters. The first-order valence-corrected chi connectivity index (χ1v) is 11.7. The largest absolute Gasteiger partial charge is 0.493 e. The lowest BCUT2D eigenvalue weighted by Crippen LogP contribution is -2.23. The first-order valence-electron chi connectivity index (χ1n) is 10.1. The van der Waals surface area contributed by atoms with Crippen LogP contribution in [0.4, 0.5) is 0 Å². The highest BCUT2D eigenvalue weighted by atomic mass is 79.9. The molecule has 164 valence electrons. The van der Waals surface area contributed by atoms with Crippen LogP contribution in [0.25, 0.3) is 22.4 Å². The van der Waals surface area contributed by atoms with Gasteiger partial charge in [-0.3, -0.25) is 4.79 Å². The van der Waals surface area contributed by atoms with Crippen molar-refractivity contribution in [3.63, 3.8) is 0 Å². The lowest BCUT2D eigenvalue weighted by Gasteiger charge is -2.11. The quantitative estimate of drug-likeness (QED) is 0.325. The number of halogens is 1. The van der Waals surface area contributed by atoms with Crippen LogP contribution in [-0.2, 0) is 6.61 Å². The van der Waals surface area contributed by atoms with Gasteiger partial charge in [-0.2, -0.15) is 9.50 Å². The Bertz CT molecular complexity index is 1550. The van der Waals surface area contributed by atoms with Crippen molar-refractivity contribution < 1.29 is 9.47 Å². The van der Waals surface area contributed by atoms with Gasteiger partial charge >= 0.3 is 0 Å². The highest BCUT2D eigenvalue weighted by Gasteiger charge is 2.14. The molecule has 0 fully saturated rings. The number of ether oxygens (including phenoxy) is 2. The second-order valence-electron chi connectivity index (χ2n) is 7.21. The van der Waals surface area contributed by atoms with Crippen LogP contribution < -0.4 is 19.6 Å². The number of nitrogens with zero attached hydrogens (tertiary/aromatic N) is 3. The Hall–Kier alpha value is -3.49. The van der Waals surface area contributed by atoms with Gasteiger partial charge < -0.3 is 9.47 Å². The van der Waals surface area contributed by atoms with Gasteiger partial charge in [0.1, 0.15) is 6.61 Å². The normalized spacial score (nSPS) is 11.8. The molecular weight excluding hydrogens is 502 g/mol. The van der Waals surface area contributed by atoms with Gasteiger partial charge in [-0.1, -0.05) is 75.8 Å². The van der Waals surface area contributed by atoms with E-state index in [0.717, 1.165) is 21.2 Å². The summed E-state index contributed by atoms with van der Waals surface area (Å²) in [6.45, 7) is 0.443. The van der Waals surface area contributed by atoms with Crippen molar-refractivity contribution >= 4 is 38.3 Å². The summed E-state index contributed by atoms with van der Waals surface area (Å²) in [4.78, 5) is 18.0. The van der Waals surface area contributed by atoms with Crippen molar-refractivity contribution in [1.82, 2.24) is 14.6 Å². The Balaban J connectivity index is 1.44. The van der Waals surface area contributed by atoms with Crippen molar-refractivity contribution in [1.29, 1.82) is 0 Å². The number of hydrogen-bond acceptors (Lipinski definition) is 6. The molecule has 8 heteroatoms. The van der Waals surface area contributed by atoms with Crippen LogP contribution in [0.2, 0.25) is 0 Å². The smallest absolute Gasteiger partial charge is 0.291 e. The molecule has 6 nitrogen and oxygen atoms in total. The SMILES string of the molecule is COc1cc(/C=c2\sc3nc(-c4ccccc4Br)nn3c2=O)ccc1OCc1ccccc1. The first-order chi connectivity index (χ1) is 16.1. The minimum atomic E-state index is -0.204. The molecule has 0 N–H and O–H groups in total. The molecule has 0 spiro atoms. The standard InChI is InChI=1S/C25H18BrN3O3S/c1-31-21-13-17(11-12-20(21)32-15-16-7-3-2-4-8-16)14-22-24(30)29-25(33-22)27-23(28-29)18-9-5-6-10-19(18)26/h2-14H,15H2,1H3/b22-14-. The maximum absolute atomic E-state index is 12.9. The molecular formula is C25H18BrN3O3S. The lowest BCUT2D eigenvalue weighted by atomic mass is 10.2. The van der Waals surface area contributed by atoms with Gasteiger partial charge in [0.2, 0.25) is 4.96 Å². The average Bonchev–Trinajstić information content (AvgIpc) is 3.38. The maximum atomic E-state index is 12.9. The summed E-state index contributed by atoms with van der Waals surface area (Å²) in [5.41, 5.74) is 2.53. The molecule has 0 aliphatic heterocycles. The second-order valence-corrected chi connectivity index (χ2v) is 9.07. The molecule has 0 aliphatic carbocycles. The molecule has 0 saturated carbocycles. The van der Waals surface area contributed by atoms with Crippen LogP contribution in [-0.4, -0.2) is 21.7 Å². The molecule has 0 bridgehead atoms. The first kappa shape index (κ1) is 21.4. The van der Waals surface area contributed by atoms with Gasteiger partial charge in [0.05, 0.1) is 11.6 Å². The van der Waals surface area contributed by atoms with Crippen molar-refractivity contribution in [2.45, 2.75) is 6.61 Å². The van der Waals surface area contributed by atoms with Gasteiger partial charge in [-0.15, -0.1) is 5.10 Å². The highest BCUT2D eigenvalue weighted by molar-refractivity contribution is 9.10. The predicted octanol–water partition coefficient (Wildman–Crippen LogP) is 4.72. The van der Waals surface area contributed by atoms with Crippen LogP contribution in [0, 0.1) is 0 Å². The number of aromatic nitrogens is 3. The Morgan fingerprint density at radius 2 is 1.82 bits per heavy atom. The monoisotopic (exact) mass is 519 g/mol. The third-order valence-corrected chi connectivity index (χ3v) is 6.67. The van der Waals surface area contributed by atoms with E-state index < -0.39 is 0 Å². The zero-order valence-corrected chi connectivity index (χ0v) is 20.0. The second kappa shape index (κ2) is 9.17. The minimum absolute atomic E-state index is 0.204. The zero-order valence-electron chi connectivity index (χ0n) is 17.6. The Morgan fingerprint density at radius 1 is 1.03 bits per heavy atom. The van der Waals surface area contributed by atoms with Gasteiger partial charge in [-0.25, -0.2) is 0 Å². The van der Waals surface area contributed by atoms with E-state index in [-0.39, 0.29) is 5.56 Å². The maximum Gasteiger partial charge on any atom is 0.291 e. The molecule has 0 atom stereocenters. The number of fused-ring (bicyclic) bond motifs is 1. The molecule has 5 aromatic rings. The van der Waals surface area contributed by atoms with Crippen molar-refractivity contribution in [3.8, 4) is 22.9 Å². The van der Waals surface area contributed by atoms with Crippen LogP contribution in [0.1, 0.15) is 11.1 Å². The van der Waals surface area contributed by atoms with Gasteiger partial charge in [0.25, 0.3) is 5.56 Å². The van der Waals surface area contributed by atoms with E-state index in [2.05, 4.69) is 26.0 Å². The summed E-state index contributed by atoms with van der Waals surface area (Å²) in [5, 5.41) is 4.42. The molecule has 0 amide bonds. The molecule has 5 rings (SSSR count). The molecule has 33 heavy (non-hydrogen) atoms. The van der Waals surface area contributed by atoms with E-state index in [9.17, 15) is 4.79 Å². The fourth-order valence-corrected chi connectivity index (χ4v) is 4.74. The van der Waals surface area contributed by atoms with E-state index in [1.807, 2.05) is 78.9 Å². The molecule has 0 aliphatic rings. The summed E-state index contributed by atoms with van der Waals surface area (Å²) in [7, 11) is 1.60. The van der Waals surface area contributed by atoms with Crippen LogP contribution in [0.15, 0.2) is 82.1 Å². The Labute approximate surface area is 201 Å². The number of benzene rings is 3. The van der Waals surface area contributed by atoms with E-state index in [1.165, 1.54) is 15.9 Å². The predicted molar refractivity (Wildman–Crippen MR) is 133 cm³/mol. The summed E-state index contributed by atoms with van der Waals surface area (Å²) >= 11 is 4.81. The fourth-order valence-electron chi connectivity index (χ4n) is 3.37. The minimum Gasteiger partial charge on any atom is -0.493 e. The highest BCUT2D eigenvalue weighted by Crippen LogP contribution is 2.29. The third kappa shape index (κ3) is 4.40. The lowest BCUT2D eigenvalue weighted by molar-refractivity contribution is 0.284. The Kier molecular flexibility index (Phi) is 5.93. The summed E-state index contributed by atoms with van der Waals surface area (Å²) < 4.78 is 14.2. The van der Waals surface area contributed by atoms with Crippen molar-refractivity contribution in [3.05, 3.63) is 103 Å². The number of hydrogen-bond donors (Lipinski definition) is 0. The van der Waals surface area contributed by atoms with Gasteiger partial charge in [-0.05, 0) is 41.5 Å². The van der Waals surface area contributed by atoms with Gasteiger partial charge in [0.15, 0.2) is 17.3 Å². The van der Waals surface area contributed by atoms with Crippen molar-refractivity contribution in [2.75, 3.05) is 7.11 Å². The number of rotatable bonds is 6. The third-order valence-electron chi connectivity index (χ3n) is 5.02. The van der Waals surface area contributed by atoms with Gasteiger partial charge in [0, 0.05) is 10.0 Å². The van der Waals surface area contributed by atoms with Crippen LogP contribution >= 0.6 is 27.3 Å². The van der Waals surface area contributed by atoms with Crippen LogP contribution in [0.3, 0.4) is 0 Å². The zero-order chi connectivity index (χ0) is 22.8. The van der Waals surface area contributed by atoms with Crippen LogP contribution in [0.5, 0.6) is 11.5 Å². The summed E-state index contributed by atoms with van der Waals surface area (Å²) in [6, 6.07) is 23.2. The molecule has 2 heterocycles. The average molecular weight is 520 g/mol. The number of thiazole rings is 1. The fraction of sp³-hybridized carbons (Fsp3) is 0.0800. The summed E-state index contributed by atoms with van der Waals surface area (Å²) in [6.07, 6.45) is 1.81. The van der Waals surface area contributed by atoms with E-state index in [4.69, 9.17) is 9.47 Å². The summed E-state index contributed by atoms with van der Waals surface area (Å²) in [5.74, 6) is 1.75. The molecule has 3 aromatic carbocycles. The van der Waals surface area contributed by atoms with E-state index >= 15 is 0 Å². The number of methoxy groups -OCH3 is 1. The molecule has 0 saturated heterocycles. The molecule has 0 radical (unpaired) electrons. The Morgan fingerprint density at radius 3 is 2.58 bits per heavy atom. The topological polar surface area (TPSA) is 65.7 Å².